The summed E-state index contributed by atoms with van der Waals surface area (Å²) in [5.74, 6) is -3.53. The topological polar surface area (TPSA) is 57.6 Å². The van der Waals surface area contributed by atoms with Crippen molar-refractivity contribution in [2.75, 3.05) is 13.6 Å². The molecule has 1 rings (SSSR count). The van der Waals surface area contributed by atoms with Gasteiger partial charge in [-0.25, -0.2) is 13.6 Å². The molecule has 0 aliphatic rings. The first-order chi connectivity index (χ1) is 8.90. The van der Waals surface area contributed by atoms with E-state index in [1.54, 1.807) is 0 Å². The van der Waals surface area contributed by atoms with Gasteiger partial charge in [-0.3, -0.25) is 4.79 Å². The molecule has 0 aromatic heterocycles. The molecule has 6 heteroatoms. The number of benzene rings is 1. The fourth-order valence-corrected chi connectivity index (χ4v) is 1.37. The van der Waals surface area contributed by atoms with E-state index >= 15 is 0 Å². The van der Waals surface area contributed by atoms with E-state index in [4.69, 9.17) is 5.11 Å². The maximum absolute atomic E-state index is 12.9. The molecule has 0 radical (unpaired) electrons. The van der Waals surface area contributed by atoms with Gasteiger partial charge in [-0.1, -0.05) is 6.07 Å². The monoisotopic (exact) mass is 269 g/mol. The predicted molar refractivity (Wildman–Crippen MR) is 64.5 cm³/mol. The van der Waals surface area contributed by atoms with Gasteiger partial charge < -0.3 is 10.0 Å². The Bertz CT molecular complexity index is 515. The van der Waals surface area contributed by atoms with Gasteiger partial charge in [0, 0.05) is 25.7 Å². The van der Waals surface area contributed by atoms with Crippen LogP contribution in [0.3, 0.4) is 0 Å². The van der Waals surface area contributed by atoms with Gasteiger partial charge in [0.1, 0.15) is 0 Å². The molecule has 1 aromatic carbocycles. The summed E-state index contributed by atoms with van der Waals surface area (Å²) in [5.41, 5.74) is 0.556. The zero-order chi connectivity index (χ0) is 14.4. The van der Waals surface area contributed by atoms with Crippen molar-refractivity contribution in [2.24, 2.45) is 0 Å². The van der Waals surface area contributed by atoms with Crippen LogP contribution < -0.4 is 0 Å². The summed E-state index contributed by atoms with van der Waals surface area (Å²) in [6.45, 7) is 0.272. The lowest BCUT2D eigenvalue weighted by Crippen LogP contribution is -2.27. The largest absolute Gasteiger partial charge is 0.478 e. The van der Waals surface area contributed by atoms with Crippen LogP contribution in [-0.4, -0.2) is 35.5 Å². The maximum Gasteiger partial charge on any atom is 0.328 e. The van der Waals surface area contributed by atoms with Crippen molar-refractivity contribution < 1.29 is 23.5 Å². The molecule has 102 valence electrons. The lowest BCUT2D eigenvalue weighted by molar-refractivity contribution is -0.132. The number of carbonyl (C=O) groups is 2. The molecular formula is C13H13F2NO3. The number of carbonyl (C=O) groups excluding carboxylic acids is 1. The van der Waals surface area contributed by atoms with E-state index in [1.165, 1.54) is 18.0 Å². The van der Waals surface area contributed by atoms with Crippen molar-refractivity contribution in [1.82, 2.24) is 4.90 Å². The second-order valence-corrected chi connectivity index (χ2v) is 3.93. The summed E-state index contributed by atoms with van der Waals surface area (Å²) < 4.78 is 25.6. The number of aliphatic carboxylic acids is 1. The van der Waals surface area contributed by atoms with Gasteiger partial charge in [-0.05, 0) is 24.1 Å². The Morgan fingerprint density at radius 2 is 1.95 bits per heavy atom. The Hall–Kier alpha value is -2.24. The number of hydrogen-bond acceptors (Lipinski definition) is 2. The Labute approximate surface area is 109 Å². The molecule has 0 bridgehead atoms. The van der Waals surface area contributed by atoms with Crippen LogP contribution in [0.25, 0.3) is 0 Å². The molecule has 0 unspecified atom stereocenters. The molecule has 0 saturated heterocycles. The summed E-state index contributed by atoms with van der Waals surface area (Å²) in [6, 6.07) is 3.53. The Kier molecular flexibility index (Phi) is 5.17. The fourth-order valence-electron chi connectivity index (χ4n) is 1.37. The minimum atomic E-state index is -1.21. The molecule has 1 aromatic rings. The Morgan fingerprint density at radius 1 is 1.26 bits per heavy atom. The minimum absolute atomic E-state index is 0.272. The number of carboxylic acid groups (broad SMARTS) is 1. The summed E-state index contributed by atoms with van der Waals surface area (Å²) in [4.78, 5) is 23.0. The molecule has 0 fully saturated rings. The molecule has 0 aliphatic carbocycles. The molecule has 1 N–H and O–H groups in total. The van der Waals surface area contributed by atoms with Gasteiger partial charge in [0.15, 0.2) is 11.6 Å². The summed E-state index contributed by atoms with van der Waals surface area (Å²) in [7, 11) is 1.49. The molecule has 0 atom stereocenters. The maximum atomic E-state index is 12.9. The SMILES string of the molecule is CN(CCc1ccc(F)c(F)c1)C(=O)/C=C/C(=O)O. The zero-order valence-corrected chi connectivity index (χ0v) is 10.3. The molecule has 0 heterocycles. The number of amides is 1. The van der Waals surface area contributed by atoms with Crippen molar-refractivity contribution in [3.05, 3.63) is 47.5 Å². The zero-order valence-electron chi connectivity index (χ0n) is 10.3. The lowest BCUT2D eigenvalue weighted by atomic mass is 10.1. The highest BCUT2D eigenvalue weighted by atomic mass is 19.2. The first-order valence-electron chi connectivity index (χ1n) is 5.50. The number of rotatable bonds is 5. The van der Waals surface area contributed by atoms with Crippen molar-refractivity contribution >= 4 is 11.9 Å². The third-order valence-electron chi connectivity index (χ3n) is 2.46. The number of halogens is 2. The molecule has 19 heavy (non-hydrogen) atoms. The van der Waals surface area contributed by atoms with Crippen LogP contribution >= 0.6 is 0 Å². The quantitative estimate of drug-likeness (QED) is 0.826. The summed E-state index contributed by atoms with van der Waals surface area (Å²) >= 11 is 0. The van der Waals surface area contributed by atoms with Crippen LogP contribution in [0.4, 0.5) is 8.78 Å². The smallest absolute Gasteiger partial charge is 0.328 e. The van der Waals surface area contributed by atoms with Crippen LogP contribution in [0, 0.1) is 11.6 Å². The number of hydrogen-bond donors (Lipinski definition) is 1. The summed E-state index contributed by atoms with van der Waals surface area (Å²) in [5, 5.41) is 8.37. The molecule has 0 saturated carbocycles. The molecule has 1 amide bonds. The van der Waals surface area contributed by atoms with Gasteiger partial charge in [0.05, 0.1) is 0 Å². The normalized spacial score (nSPS) is 10.7. The summed E-state index contributed by atoms with van der Waals surface area (Å²) in [6.07, 6.45) is 2.03. The number of carboxylic acids is 1. The van der Waals surface area contributed by atoms with Gasteiger partial charge >= 0.3 is 5.97 Å². The van der Waals surface area contributed by atoms with Crippen LogP contribution in [-0.2, 0) is 16.0 Å². The second kappa shape index (κ2) is 6.63. The van der Waals surface area contributed by atoms with Crippen molar-refractivity contribution in [1.29, 1.82) is 0 Å². The Balaban J connectivity index is 2.54. The molecular weight excluding hydrogens is 256 g/mol. The highest BCUT2D eigenvalue weighted by Gasteiger charge is 2.07. The van der Waals surface area contributed by atoms with Crippen molar-refractivity contribution in [3.8, 4) is 0 Å². The predicted octanol–water partition coefficient (Wildman–Crippen LogP) is 1.61. The minimum Gasteiger partial charge on any atom is -0.478 e. The number of nitrogens with zero attached hydrogens (tertiary/aromatic N) is 1. The van der Waals surface area contributed by atoms with E-state index in [9.17, 15) is 18.4 Å². The van der Waals surface area contributed by atoms with Gasteiger partial charge in [-0.15, -0.1) is 0 Å². The third kappa shape index (κ3) is 4.87. The van der Waals surface area contributed by atoms with E-state index in [1.807, 2.05) is 0 Å². The standard InChI is InChI=1S/C13H13F2NO3/c1-16(12(17)4-5-13(18)19)7-6-9-2-3-10(14)11(15)8-9/h2-5,8H,6-7H2,1H3,(H,18,19)/b5-4+. The average molecular weight is 269 g/mol. The first-order valence-corrected chi connectivity index (χ1v) is 5.50. The van der Waals surface area contributed by atoms with Gasteiger partial charge in [0.25, 0.3) is 0 Å². The van der Waals surface area contributed by atoms with Crippen LogP contribution in [0.2, 0.25) is 0 Å². The number of likely N-dealkylation sites (N-methyl/N-ethyl adjacent to an activating group) is 1. The van der Waals surface area contributed by atoms with E-state index in [2.05, 4.69) is 0 Å². The van der Waals surface area contributed by atoms with Gasteiger partial charge in [-0.2, -0.15) is 0 Å². The molecule has 0 spiro atoms. The Morgan fingerprint density at radius 3 is 2.53 bits per heavy atom. The highest BCUT2D eigenvalue weighted by Crippen LogP contribution is 2.09. The molecule has 0 aliphatic heterocycles. The lowest BCUT2D eigenvalue weighted by Gasteiger charge is -2.14. The first kappa shape index (κ1) is 14.8. The van der Waals surface area contributed by atoms with Gasteiger partial charge in [0.2, 0.25) is 5.91 Å². The van der Waals surface area contributed by atoms with Crippen LogP contribution in [0.1, 0.15) is 5.56 Å². The van der Waals surface area contributed by atoms with E-state index < -0.39 is 23.5 Å². The van der Waals surface area contributed by atoms with Crippen molar-refractivity contribution in [2.45, 2.75) is 6.42 Å². The van der Waals surface area contributed by atoms with Crippen molar-refractivity contribution in [3.63, 3.8) is 0 Å². The van der Waals surface area contributed by atoms with E-state index in [-0.39, 0.29) is 6.54 Å². The molecule has 4 nitrogen and oxygen atoms in total. The van der Waals surface area contributed by atoms with E-state index in [0.29, 0.717) is 12.0 Å². The third-order valence-corrected chi connectivity index (χ3v) is 2.46. The van der Waals surface area contributed by atoms with Crippen LogP contribution in [0.5, 0.6) is 0 Å². The fraction of sp³-hybridized carbons (Fsp3) is 0.231. The van der Waals surface area contributed by atoms with Crippen LogP contribution in [0.15, 0.2) is 30.4 Å². The highest BCUT2D eigenvalue weighted by molar-refractivity contribution is 5.93. The average Bonchev–Trinajstić information content (AvgIpc) is 2.36. The van der Waals surface area contributed by atoms with E-state index in [0.717, 1.165) is 24.3 Å². The second-order valence-electron chi connectivity index (χ2n) is 3.93.